The van der Waals surface area contributed by atoms with E-state index in [1.165, 1.54) is 5.56 Å². The molecule has 0 spiro atoms. The highest BCUT2D eigenvalue weighted by Gasteiger charge is 2.07. The van der Waals surface area contributed by atoms with Crippen molar-refractivity contribution < 1.29 is 4.79 Å². The van der Waals surface area contributed by atoms with Crippen LogP contribution in [0.15, 0.2) is 36.4 Å². The first-order valence-corrected chi connectivity index (χ1v) is 7.14. The third-order valence-electron chi connectivity index (χ3n) is 3.00. The first-order valence-electron chi connectivity index (χ1n) is 7.14. The average molecular weight is 284 g/mol. The third kappa shape index (κ3) is 4.56. The fourth-order valence-electron chi connectivity index (χ4n) is 1.86. The van der Waals surface area contributed by atoms with Gasteiger partial charge in [0, 0.05) is 12.2 Å². The van der Waals surface area contributed by atoms with Gasteiger partial charge in [0.1, 0.15) is 0 Å². The number of amides is 1. The van der Waals surface area contributed by atoms with E-state index in [0.717, 1.165) is 18.5 Å². The molecule has 21 heavy (non-hydrogen) atoms. The van der Waals surface area contributed by atoms with Crippen molar-refractivity contribution >= 4 is 17.4 Å². The molecule has 1 heterocycles. The molecule has 0 saturated heterocycles. The molecule has 0 fully saturated rings. The third-order valence-corrected chi connectivity index (χ3v) is 3.00. The summed E-state index contributed by atoms with van der Waals surface area (Å²) in [5.74, 6) is 0.434. The van der Waals surface area contributed by atoms with Crippen LogP contribution in [0.4, 0.5) is 11.5 Å². The zero-order valence-electron chi connectivity index (χ0n) is 12.4. The van der Waals surface area contributed by atoms with Gasteiger partial charge in [-0.15, -0.1) is 10.2 Å². The molecule has 2 N–H and O–H groups in total. The summed E-state index contributed by atoms with van der Waals surface area (Å²) in [6, 6.07) is 11.4. The van der Waals surface area contributed by atoms with Crippen LogP contribution < -0.4 is 10.6 Å². The van der Waals surface area contributed by atoms with Crippen LogP contribution in [0.2, 0.25) is 0 Å². The lowest BCUT2D eigenvalue weighted by Gasteiger charge is -2.06. The topological polar surface area (TPSA) is 66.9 Å². The second-order valence-corrected chi connectivity index (χ2v) is 4.91. The SMILES string of the molecule is CCCCNC(=O)c1ccc(Nc2cccc(C)c2)nn1. The molecule has 0 radical (unpaired) electrons. The smallest absolute Gasteiger partial charge is 0.271 e. The van der Waals surface area contributed by atoms with Crippen molar-refractivity contribution in [1.82, 2.24) is 15.5 Å². The lowest BCUT2D eigenvalue weighted by Crippen LogP contribution is -2.25. The number of rotatable bonds is 6. The maximum atomic E-state index is 11.8. The van der Waals surface area contributed by atoms with E-state index in [0.29, 0.717) is 18.1 Å². The fourth-order valence-corrected chi connectivity index (χ4v) is 1.86. The van der Waals surface area contributed by atoms with Gasteiger partial charge >= 0.3 is 0 Å². The lowest BCUT2D eigenvalue weighted by atomic mass is 10.2. The number of carbonyl (C=O) groups is 1. The molecular weight excluding hydrogens is 264 g/mol. The monoisotopic (exact) mass is 284 g/mol. The van der Waals surface area contributed by atoms with Crippen LogP contribution in [0, 0.1) is 6.92 Å². The first-order chi connectivity index (χ1) is 10.2. The van der Waals surface area contributed by atoms with E-state index in [1.54, 1.807) is 12.1 Å². The minimum atomic E-state index is -0.182. The van der Waals surface area contributed by atoms with Crippen LogP contribution in [0.3, 0.4) is 0 Å². The summed E-state index contributed by atoms with van der Waals surface area (Å²) in [6.45, 7) is 4.78. The quantitative estimate of drug-likeness (QED) is 0.800. The predicted molar refractivity (Wildman–Crippen MR) is 83.7 cm³/mol. The molecule has 1 aromatic carbocycles. The molecule has 0 atom stereocenters. The Balaban J connectivity index is 1.97. The van der Waals surface area contributed by atoms with E-state index >= 15 is 0 Å². The van der Waals surface area contributed by atoms with Crippen LogP contribution in [0.25, 0.3) is 0 Å². The summed E-state index contributed by atoms with van der Waals surface area (Å²) < 4.78 is 0. The van der Waals surface area contributed by atoms with E-state index in [4.69, 9.17) is 0 Å². The van der Waals surface area contributed by atoms with Crippen LogP contribution in [-0.4, -0.2) is 22.6 Å². The van der Waals surface area contributed by atoms with Gasteiger partial charge in [-0.3, -0.25) is 4.79 Å². The summed E-state index contributed by atoms with van der Waals surface area (Å²) in [5, 5.41) is 14.0. The molecule has 0 aliphatic heterocycles. The normalized spacial score (nSPS) is 10.2. The maximum Gasteiger partial charge on any atom is 0.271 e. The second kappa shape index (κ2) is 7.38. The molecule has 0 bridgehead atoms. The van der Waals surface area contributed by atoms with Gasteiger partial charge in [-0.25, -0.2) is 0 Å². The number of hydrogen-bond donors (Lipinski definition) is 2. The Labute approximate surface area is 124 Å². The highest BCUT2D eigenvalue weighted by molar-refractivity contribution is 5.92. The van der Waals surface area contributed by atoms with E-state index in [9.17, 15) is 4.79 Å². The van der Waals surface area contributed by atoms with E-state index in [2.05, 4.69) is 27.8 Å². The van der Waals surface area contributed by atoms with Gasteiger partial charge in [-0.05, 0) is 43.2 Å². The van der Waals surface area contributed by atoms with Gasteiger partial charge in [0.25, 0.3) is 5.91 Å². The van der Waals surface area contributed by atoms with Gasteiger partial charge in [-0.2, -0.15) is 0 Å². The first kappa shape index (κ1) is 15.0. The van der Waals surface area contributed by atoms with Crippen molar-refractivity contribution in [3.05, 3.63) is 47.7 Å². The van der Waals surface area contributed by atoms with Crippen molar-refractivity contribution in [3.63, 3.8) is 0 Å². The summed E-state index contributed by atoms with van der Waals surface area (Å²) in [4.78, 5) is 11.8. The van der Waals surface area contributed by atoms with Crippen LogP contribution in [-0.2, 0) is 0 Å². The zero-order chi connectivity index (χ0) is 15.1. The van der Waals surface area contributed by atoms with Gasteiger partial charge < -0.3 is 10.6 Å². The van der Waals surface area contributed by atoms with Gasteiger partial charge in [0.05, 0.1) is 0 Å². The summed E-state index contributed by atoms with van der Waals surface area (Å²) in [7, 11) is 0. The van der Waals surface area contributed by atoms with Crippen molar-refractivity contribution in [3.8, 4) is 0 Å². The minimum absolute atomic E-state index is 0.182. The average Bonchev–Trinajstić information content (AvgIpc) is 2.48. The van der Waals surface area contributed by atoms with Crippen LogP contribution >= 0.6 is 0 Å². The molecule has 0 aliphatic carbocycles. The number of hydrogen-bond acceptors (Lipinski definition) is 4. The Bertz CT molecular complexity index is 595. The van der Waals surface area contributed by atoms with E-state index in [-0.39, 0.29) is 5.91 Å². The summed E-state index contributed by atoms with van der Waals surface area (Å²) in [6.07, 6.45) is 2.01. The predicted octanol–water partition coefficient (Wildman–Crippen LogP) is 3.06. The lowest BCUT2D eigenvalue weighted by molar-refractivity contribution is 0.0947. The molecule has 5 nitrogen and oxygen atoms in total. The van der Waals surface area contributed by atoms with Gasteiger partial charge in [-0.1, -0.05) is 25.5 Å². The number of aryl methyl sites for hydroxylation is 1. The molecule has 2 aromatic rings. The van der Waals surface area contributed by atoms with Crippen molar-refractivity contribution in [2.24, 2.45) is 0 Å². The Morgan fingerprint density at radius 3 is 2.71 bits per heavy atom. The molecule has 0 aliphatic rings. The van der Waals surface area contributed by atoms with Gasteiger partial charge in [0.15, 0.2) is 11.5 Å². The number of anilines is 2. The van der Waals surface area contributed by atoms with E-state index < -0.39 is 0 Å². The highest BCUT2D eigenvalue weighted by Crippen LogP contribution is 2.15. The van der Waals surface area contributed by atoms with Crippen LogP contribution in [0.5, 0.6) is 0 Å². The Morgan fingerprint density at radius 2 is 2.05 bits per heavy atom. The zero-order valence-corrected chi connectivity index (χ0v) is 12.4. The molecule has 5 heteroatoms. The van der Waals surface area contributed by atoms with Crippen molar-refractivity contribution in [2.45, 2.75) is 26.7 Å². The fraction of sp³-hybridized carbons (Fsp3) is 0.312. The maximum absolute atomic E-state index is 11.8. The Morgan fingerprint density at radius 1 is 1.19 bits per heavy atom. The second-order valence-electron chi connectivity index (χ2n) is 4.91. The molecular formula is C16H20N4O. The molecule has 2 rings (SSSR count). The molecule has 0 saturated carbocycles. The standard InChI is InChI=1S/C16H20N4O/c1-3-4-10-17-16(21)14-8-9-15(20-19-14)18-13-7-5-6-12(2)11-13/h5-9,11H,3-4,10H2,1-2H3,(H,17,21)(H,18,20). The van der Waals surface area contributed by atoms with Gasteiger partial charge in [0.2, 0.25) is 0 Å². The molecule has 1 aromatic heterocycles. The number of nitrogens with one attached hydrogen (secondary N) is 2. The highest BCUT2D eigenvalue weighted by atomic mass is 16.1. The number of aromatic nitrogens is 2. The number of benzene rings is 1. The Kier molecular flexibility index (Phi) is 5.26. The largest absolute Gasteiger partial charge is 0.351 e. The van der Waals surface area contributed by atoms with Crippen LogP contribution in [0.1, 0.15) is 35.8 Å². The molecule has 0 unspecified atom stereocenters. The number of carbonyl (C=O) groups excluding carboxylic acids is 1. The Hall–Kier alpha value is -2.43. The molecule has 110 valence electrons. The summed E-state index contributed by atoms with van der Waals surface area (Å²) >= 11 is 0. The molecule has 1 amide bonds. The minimum Gasteiger partial charge on any atom is -0.351 e. The number of nitrogens with zero attached hydrogens (tertiary/aromatic N) is 2. The van der Waals surface area contributed by atoms with E-state index in [1.807, 2.05) is 31.2 Å². The van der Waals surface area contributed by atoms with Crippen molar-refractivity contribution in [1.29, 1.82) is 0 Å². The number of unbranched alkanes of at least 4 members (excludes halogenated alkanes) is 1. The summed E-state index contributed by atoms with van der Waals surface area (Å²) in [5.41, 5.74) is 2.45. The van der Waals surface area contributed by atoms with Crippen molar-refractivity contribution in [2.75, 3.05) is 11.9 Å².